The fourth-order valence-electron chi connectivity index (χ4n) is 1.58. The maximum atomic E-state index is 11.8. The van der Waals surface area contributed by atoms with Crippen LogP contribution in [0.25, 0.3) is 6.08 Å². The second-order valence-electron chi connectivity index (χ2n) is 4.09. The first-order valence-electron chi connectivity index (χ1n) is 5.84. The van der Waals surface area contributed by atoms with Gasteiger partial charge in [-0.25, -0.2) is 0 Å². The average Bonchev–Trinajstić information content (AvgIpc) is 2.92. The Bertz CT molecular complexity index is 663. The van der Waals surface area contributed by atoms with Gasteiger partial charge in [0.05, 0.1) is 10.6 Å². The summed E-state index contributed by atoms with van der Waals surface area (Å²) in [4.78, 5) is 23.0. The van der Waals surface area contributed by atoms with Crippen molar-refractivity contribution in [3.63, 3.8) is 0 Å². The number of non-ortho nitro benzene ring substituents is 1. The molecule has 0 radical (unpaired) electrons. The number of carbonyl (C=O) groups is 1. The average molecular weight is 288 g/mol. The molecular formula is C14H12N2O3S. The lowest BCUT2D eigenvalue weighted by molar-refractivity contribution is -0.384. The highest BCUT2D eigenvalue weighted by Gasteiger charge is 2.09. The zero-order valence-corrected chi connectivity index (χ0v) is 11.5. The van der Waals surface area contributed by atoms with E-state index in [0.29, 0.717) is 5.69 Å². The van der Waals surface area contributed by atoms with Crippen molar-refractivity contribution in [1.82, 2.24) is 0 Å². The zero-order valence-electron chi connectivity index (χ0n) is 10.7. The number of carbonyl (C=O) groups excluding carboxylic acids is 1. The van der Waals surface area contributed by atoms with Gasteiger partial charge >= 0.3 is 0 Å². The summed E-state index contributed by atoms with van der Waals surface area (Å²) >= 11 is 1.52. The molecule has 0 aliphatic heterocycles. The summed E-state index contributed by atoms with van der Waals surface area (Å²) < 4.78 is 0. The number of nitro benzene ring substituents is 1. The Labute approximate surface area is 119 Å². The summed E-state index contributed by atoms with van der Waals surface area (Å²) in [5, 5.41) is 15.3. The number of nitrogens with one attached hydrogen (secondary N) is 1. The van der Waals surface area contributed by atoms with Crippen LogP contribution in [-0.2, 0) is 4.79 Å². The van der Waals surface area contributed by atoms with E-state index in [9.17, 15) is 14.9 Å². The molecule has 20 heavy (non-hydrogen) atoms. The van der Waals surface area contributed by atoms with Gasteiger partial charge in [-0.05, 0) is 30.0 Å². The first-order chi connectivity index (χ1) is 9.56. The van der Waals surface area contributed by atoms with Crippen LogP contribution in [0.3, 0.4) is 0 Å². The summed E-state index contributed by atoms with van der Waals surface area (Å²) in [6.07, 6.45) is 3.11. The van der Waals surface area contributed by atoms with Crippen molar-refractivity contribution in [3.05, 3.63) is 62.3 Å². The molecule has 0 saturated carbocycles. The van der Waals surface area contributed by atoms with Crippen LogP contribution in [0.4, 0.5) is 11.4 Å². The van der Waals surface area contributed by atoms with Gasteiger partial charge in [-0.2, -0.15) is 0 Å². The molecule has 1 aromatic heterocycles. The van der Waals surface area contributed by atoms with E-state index in [2.05, 4.69) is 5.32 Å². The summed E-state index contributed by atoms with van der Waals surface area (Å²) in [6, 6.07) is 8.16. The molecule has 0 fully saturated rings. The van der Waals surface area contributed by atoms with E-state index in [1.807, 2.05) is 17.5 Å². The molecular weight excluding hydrogens is 276 g/mol. The van der Waals surface area contributed by atoms with Gasteiger partial charge in [0.15, 0.2) is 0 Å². The molecule has 0 aliphatic carbocycles. The number of amides is 1. The molecule has 1 aromatic carbocycles. The molecule has 0 saturated heterocycles. The van der Waals surface area contributed by atoms with Gasteiger partial charge in [-0.3, -0.25) is 14.9 Å². The van der Waals surface area contributed by atoms with Crippen LogP contribution in [0.2, 0.25) is 0 Å². The second kappa shape index (κ2) is 6.12. The van der Waals surface area contributed by atoms with E-state index >= 15 is 0 Å². The number of hydrogen-bond donors (Lipinski definition) is 1. The van der Waals surface area contributed by atoms with Crippen LogP contribution >= 0.6 is 11.3 Å². The monoisotopic (exact) mass is 288 g/mol. The van der Waals surface area contributed by atoms with Crippen molar-refractivity contribution in [1.29, 1.82) is 0 Å². The lowest BCUT2D eigenvalue weighted by Gasteiger charge is -2.05. The molecule has 0 spiro atoms. The van der Waals surface area contributed by atoms with Crippen LogP contribution in [0.1, 0.15) is 10.4 Å². The highest BCUT2D eigenvalue weighted by molar-refractivity contribution is 7.10. The van der Waals surface area contributed by atoms with Gasteiger partial charge in [0.25, 0.3) is 5.69 Å². The molecule has 2 rings (SSSR count). The van der Waals surface area contributed by atoms with Crippen LogP contribution < -0.4 is 5.32 Å². The van der Waals surface area contributed by atoms with Crippen LogP contribution in [0.15, 0.2) is 41.8 Å². The minimum absolute atomic E-state index is 0.0480. The summed E-state index contributed by atoms with van der Waals surface area (Å²) in [7, 11) is 0. The Balaban J connectivity index is 2.11. The van der Waals surface area contributed by atoms with Crippen molar-refractivity contribution in [2.45, 2.75) is 6.92 Å². The Morgan fingerprint density at radius 1 is 1.40 bits per heavy atom. The lowest BCUT2D eigenvalue weighted by atomic mass is 10.2. The molecule has 0 bridgehead atoms. The predicted molar refractivity (Wildman–Crippen MR) is 79.8 cm³/mol. The SMILES string of the molecule is Cc1ccc([N+](=O)[O-])cc1NC(=O)C=Cc1cccs1. The van der Waals surface area contributed by atoms with E-state index in [4.69, 9.17) is 0 Å². The normalized spacial score (nSPS) is 10.7. The van der Waals surface area contributed by atoms with Crippen LogP contribution in [0.5, 0.6) is 0 Å². The van der Waals surface area contributed by atoms with Gasteiger partial charge in [0, 0.05) is 23.1 Å². The van der Waals surface area contributed by atoms with Crippen LogP contribution in [0, 0.1) is 17.0 Å². The molecule has 102 valence electrons. The number of benzene rings is 1. The summed E-state index contributed by atoms with van der Waals surface area (Å²) in [5.74, 6) is -0.318. The number of aryl methyl sites for hydroxylation is 1. The number of hydrogen-bond acceptors (Lipinski definition) is 4. The molecule has 2 aromatic rings. The Morgan fingerprint density at radius 3 is 2.85 bits per heavy atom. The topological polar surface area (TPSA) is 72.2 Å². The van der Waals surface area contributed by atoms with E-state index in [1.54, 1.807) is 19.1 Å². The molecule has 5 nitrogen and oxygen atoms in total. The lowest BCUT2D eigenvalue weighted by Crippen LogP contribution is -2.09. The molecule has 0 aliphatic rings. The largest absolute Gasteiger partial charge is 0.322 e. The third-order valence-electron chi connectivity index (χ3n) is 2.63. The predicted octanol–water partition coefficient (Wildman–Crippen LogP) is 3.62. The minimum Gasteiger partial charge on any atom is -0.322 e. The van der Waals surface area contributed by atoms with Crippen molar-refractivity contribution in [3.8, 4) is 0 Å². The Hall–Kier alpha value is -2.47. The third-order valence-corrected chi connectivity index (χ3v) is 3.47. The first kappa shape index (κ1) is 14.0. The Kier molecular flexibility index (Phi) is 4.27. The molecule has 1 heterocycles. The third kappa shape index (κ3) is 3.52. The van der Waals surface area contributed by atoms with Crippen molar-refractivity contribution in [2.75, 3.05) is 5.32 Å². The molecule has 0 atom stereocenters. The van der Waals surface area contributed by atoms with Crippen molar-refractivity contribution >= 4 is 34.7 Å². The van der Waals surface area contributed by atoms with Gasteiger partial charge in [0.2, 0.25) is 5.91 Å². The highest BCUT2D eigenvalue weighted by atomic mass is 32.1. The zero-order chi connectivity index (χ0) is 14.5. The number of rotatable bonds is 4. The standard InChI is InChI=1S/C14H12N2O3S/c1-10-4-5-11(16(18)19)9-13(10)15-14(17)7-6-12-3-2-8-20-12/h2-9H,1H3,(H,15,17). The highest BCUT2D eigenvalue weighted by Crippen LogP contribution is 2.21. The van der Waals surface area contributed by atoms with E-state index in [-0.39, 0.29) is 11.6 Å². The molecule has 1 N–H and O–H groups in total. The van der Waals surface area contributed by atoms with Gasteiger partial charge in [0.1, 0.15) is 0 Å². The number of anilines is 1. The maximum absolute atomic E-state index is 11.8. The maximum Gasteiger partial charge on any atom is 0.271 e. The van der Waals surface area contributed by atoms with Gasteiger partial charge < -0.3 is 5.32 Å². The van der Waals surface area contributed by atoms with Crippen LogP contribution in [-0.4, -0.2) is 10.8 Å². The Morgan fingerprint density at radius 2 is 2.20 bits per heavy atom. The van der Waals surface area contributed by atoms with Gasteiger partial charge in [-0.15, -0.1) is 11.3 Å². The minimum atomic E-state index is -0.489. The number of thiophene rings is 1. The van der Waals surface area contributed by atoms with E-state index < -0.39 is 4.92 Å². The second-order valence-corrected chi connectivity index (χ2v) is 5.07. The number of nitro groups is 1. The fraction of sp³-hybridized carbons (Fsp3) is 0.0714. The van der Waals surface area contributed by atoms with E-state index in [0.717, 1.165) is 10.4 Å². The van der Waals surface area contributed by atoms with Gasteiger partial charge in [-0.1, -0.05) is 12.1 Å². The first-order valence-corrected chi connectivity index (χ1v) is 6.72. The van der Waals surface area contributed by atoms with Crippen molar-refractivity contribution in [2.24, 2.45) is 0 Å². The van der Waals surface area contributed by atoms with E-state index in [1.165, 1.54) is 29.5 Å². The number of nitrogens with zero attached hydrogens (tertiary/aromatic N) is 1. The fourth-order valence-corrected chi connectivity index (χ4v) is 2.19. The van der Waals surface area contributed by atoms with Crippen molar-refractivity contribution < 1.29 is 9.72 Å². The smallest absolute Gasteiger partial charge is 0.271 e. The molecule has 1 amide bonds. The summed E-state index contributed by atoms with van der Waals surface area (Å²) in [6.45, 7) is 1.78. The summed E-state index contributed by atoms with van der Waals surface area (Å²) in [5.41, 5.74) is 1.17. The molecule has 6 heteroatoms. The molecule has 0 unspecified atom stereocenters. The quantitative estimate of drug-likeness (QED) is 0.530.